The Bertz CT molecular complexity index is 361. The Morgan fingerprint density at radius 1 is 1.60 bits per heavy atom. The number of anilines is 1. The molecule has 1 aliphatic rings. The minimum absolute atomic E-state index is 0.347. The van der Waals surface area contributed by atoms with Crippen molar-refractivity contribution in [1.82, 2.24) is 4.98 Å². The Kier molecular flexibility index (Phi) is 2.84. The van der Waals surface area contributed by atoms with E-state index in [2.05, 4.69) is 10.3 Å². The van der Waals surface area contributed by atoms with Gasteiger partial charge >= 0.3 is 0 Å². The fourth-order valence-electron chi connectivity index (χ4n) is 1.63. The van der Waals surface area contributed by atoms with Gasteiger partial charge in [0.05, 0.1) is 11.9 Å². The standard InChI is InChI=1S/C11H14N4/c12-5-9-3-4-10(7-14-9)15-11(6-13)8-1-2-8/h3-4,7-8,11,15H,1-2,6,13H2. The SMILES string of the molecule is N#Cc1ccc(NC(CN)C2CC2)cn1. The number of pyridine rings is 1. The minimum Gasteiger partial charge on any atom is -0.380 e. The van der Waals surface area contributed by atoms with E-state index in [1.165, 1.54) is 12.8 Å². The number of rotatable bonds is 4. The third kappa shape index (κ3) is 2.45. The second-order valence-electron chi connectivity index (χ2n) is 3.87. The lowest BCUT2D eigenvalue weighted by Crippen LogP contribution is -2.30. The van der Waals surface area contributed by atoms with Crippen LogP contribution < -0.4 is 11.1 Å². The van der Waals surface area contributed by atoms with Crippen molar-refractivity contribution in [2.45, 2.75) is 18.9 Å². The van der Waals surface area contributed by atoms with Crippen LogP contribution in [0.3, 0.4) is 0 Å². The van der Waals surface area contributed by atoms with Gasteiger partial charge in [-0.1, -0.05) is 0 Å². The van der Waals surface area contributed by atoms with Crippen molar-refractivity contribution in [2.75, 3.05) is 11.9 Å². The largest absolute Gasteiger partial charge is 0.380 e. The van der Waals surface area contributed by atoms with E-state index in [-0.39, 0.29) is 0 Å². The van der Waals surface area contributed by atoms with Crippen LogP contribution in [-0.4, -0.2) is 17.6 Å². The number of nitrogens with two attached hydrogens (primary N) is 1. The summed E-state index contributed by atoms with van der Waals surface area (Å²) in [5.74, 6) is 0.714. The number of aromatic nitrogens is 1. The molecular weight excluding hydrogens is 188 g/mol. The summed E-state index contributed by atoms with van der Waals surface area (Å²) >= 11 is 0. The van der Waals surface area contributed by atoms with Crippen LogP contribution in [0.15, 0.2) is 18.3 Å². The topological polar surface area (TPSA) is 74.7 Å². The van der Waals surface area contributed by atoms with Gasteiger partial charge in [-0.3, -0.25) is 0 Å². The van der Waals surface area contributed by atoms with Crippen LogP contribution in [0.1, 0.15) is 18.5 Å². The summed E-state index contributed by atoms with van der Waals surface area (Å²) in [4.78, 5) is 4.00. The number of hydrogen-bond acceptors (Lipinski definition) is 4. The molecule has 4 nitrogen and oxygen atoms in total. The average Bonchev–Trinajstić information content (AvgIpc) is 3.10. The van der Waals surface area contributed by atoms with E-state index in [0.717, 1.165) is 5.69 Å². The summed E-state index contributed by atoms with van der Waals surface area (Å²) in [6.07, 6.45) is 4.21. The van der Waals surface area contributed by atoms with Crippen molar-refractivity contribution < 1.29 is 0 Å². The summed E-state index contributed by atoms with van der Waals surface area (Å²) in [6.45, 7) is 0.644. The van der Waals surface area contributed by atoms with Gasteiger partial charge in [0.15, 0.2) is 0 Å². The van der Waals surface area contributed by atoms with Crippen molar-refractivity contribution in [1.29, 1.82) is 5.26 Å². The van der Waals surface area contributed by atoms with Crippen LogP contribution in [0.2, 0.25) is 0 Å². The van der Waals surface area contributed by atoms with Crippen molar-refractivity contribution in [3.63, 3.8) is 0 Å². The summed E-state index contributed by atoms with van der Waals surface area (Å²) < 4.78 is 0. The maximum atomic E-state index is 8.60. The highest BCUT2D eigenvalue weighted by Crippen LogP contribution is 2.33. The number of nitrogens with zero attached hydrogens (tertiary/aromatic N) is 2. The Hall–Kier alpha value is -1.60. The van der Waals surface area contributed by atoms with Gasteiger partial charge in [0, 0.05) is 12.6 Å². The molecule has 78 valence electrons. The predicted octanol–water partition coefficient (Wildman–Crippen LogP) is 1.10. The third-order valence-corrected chi connectivity index (χ3v) is 2.68. The zero-order valence-corrected chi connectivity index (χ0v) is 8.48. The highest BCUT2D eigenvalue weighted by molar-refractivity contribution is 5.44. The number of hydrogen-bond donors (Lipinski definition) is 2. The van der Waals surface area contributed by atoms with Crippen molar-refractivity contribution in [3.8, 4) is 6.07 Å². The normalized spacial score (nSPS) is 16.8. The fraction of sp³-hybridized carbons (Fsp3) is 0.455. The second-order valence-corrected chi connectivity index (χ2v) is 3.87. The Morgan fingerprint density at radius 2 is 2.40 bits per heavy atom. The van der Waals surface area contributed by atoms with Crippen molar-refractivity contribution in [3.05, 3.63) is 24.0 Å². The Labute approximate surface area is 89.1 Å². The first kappa shape index (κ1) is 9.94. The molecule has 0 aliphatic heterocycles. The van der Waals surface area contributed by atoms with Gasteiger partial charge in [-0.15, -0.1) is 0 Å². The molecule has 1 aromatic rings. The zero-order valence-electron chi connectivity index (χ0n) is 8.48. The quantitative estimate of drug-likeness (QED) is 0.766. The first-order valence-electron chi connectivity index (χ1n) is 5.16. The Morgan fingerprint density at radius 3 is 2.87 bits per heavy atom. The molecule has 0 bridgehead atoms. The van der Waals surface area contributed by atoms with Gasteiger partial charge in [-0.2, -0.15) is 5.26 Å². The Balaban J connectivity index is 2.00. The molecule has 0 saturated heterocycles. The van der Waals surface area contributed by atoms with Gasteiger partial charge in [0.1, 0.15) is 11.8 Å². The molecule has 2 rings (SSSR count). The van der Waals surface area contributed by atoms with Crippen LogP contribution in [-0.2, 0) is 0 Å². The third-order valence-electron chi connectivity index (χ3n) is 2.68. The van der Waals surface area contributed by atoms with Crippen molar-refractivity contribution in [2.24, 2.45) is 11.7 Å². The van der Waals surface area contributed by atoms with Crippen LogP contribution in [0.4, 0.5) is 5.69 Å². The van der Waals surface area contributed by atoms with Gasteiger partial charge < -0.3 is 11.1 Å². The molecule has 1 saturated carbocycles. The first-order chi connectivity index (χ1) is 7.33. The lowest BCUT2D eigenvalue weighted by Gasteiger charge is -2.16. The van der Waals surface area contributed by atoms with Crippen LogP contribution >= 0.6 is 0 Å². The van der Waals surface area contributed by atoms with E-state index < -0.39 is 0 Å². The van der Waals surface area contributed by atoms with E-state index in [1.54, 1.807) is 12.3 Å². The summed E-state index contributed by atoms with van der Waals surface area (Å²) in [7, 11) is 0. The smallest absolute Gasteiger partial charge is 0.140 e. The molecule has 0 spiro atoms. The maximum Gasteiger partial charge on any atom is 0.140 e. The summed E-state index contributed by atoms with van der Waals surface area (Å²) in [5, 5.41) is 11.9. The van der Waals surface area contributed by atoms with Crippen molar-refractivity contribution >= 4 is 5.69 Å². The highest BCUT2D eigenvalue weighted by Gasteiger charge is 2.29. The number of nitrogens with one attached hydrogen (secondary N) is 1. The second kappa shape index (κ2) is 4.28. The minimum atomic E-state index is 0.347. The molecule has 3 N–H and O–H groups in total. The molecular formula is C11H14N4. The fourth-order valence-corrected chi connectivity index (χ4v) is 1.63. The van der Waals surface area contributed by atoms with E-state index in [0.29, 0.717) is 24.2 Å². The summed E-state index contributed by atoms with van der Waals surface area (Å²) in [6, 6.07) is 5.92. The molecule has 0 amide bonds. The maximum absolute atomic E-state index is 8.60. The highest BCUT2D eigenvalue weighted by atomic mass is 15.0. The van der Waals surface area contributed by atoms with Gasteiger partial charge in [0.25, 0.3) is 0 Å². The molecule has 0 aromatic carbocycles. The zero-order chi connectivity index (χ0) is 10.7. The number of nitriles is 1. The first-order valence-corrected chi connectivity index (χ1v) is 5.16. The summed E-state index contributed by atoms with van der Waals surface area (Å²) in [5.41, 5.74) is 7.06. The van der Waals surface area contributed by atoms with E-state index in [4.69, 9.17) is 11.0 Å². The molecule has 1 aromatic heterocycles. The lowest BCUT2D eigenvalue weighted by molar-refractivity contribution is 0.645. The van der Waals surface area contributed by atoms with Gasteiger partial charge in [-0.05, 0) is 30.9 Å². The molecule has 1 fully saturated rings. The average molecular weight is 202 g/mol. The molecule has 0 radical (unpaired) electrons. The predicted molar refractivity (Wildman–Crippen MR) is 58.1 cm³/mol. The molecule has 1 heterocycles. The molecule has 15 heavy (non-hydrogen) atoms. The van der Waals surface area contributed by atoms with Crippen LogP contribution in [0.5, 0.6) is 0 Å². The molecule has 1 atom stereocenters. The molecule has 4 heteroatoms. The van der Waals surface area contributed by atoms with Gasteiger partial charge in [0.2, 0.25) is 0 Å². The molecule has 1 aliphatic carbocycles. The van der Waals surface area contributed by atoms with Gasteiger partial charge in [-0.25, -0.2) is 4.98 Å². The van der Waals surface area contributed by atoms with E-state index >= 15 is 0 Å². The lowest BCUT2D eigenvalue weighted by atomic mass is 10.2. The monoisotopic (exact) mass is 202 g/mol. The van der Waals surface area contributed by atoms with E-state index in [9.17, 15) is 0 Å². The molecule has 1 unspecified atom stereocenters. The van der Waals surface area contributed by atoms with E-state index in [1.807, 2.05) is 12.1 Å². The van der Waals surface area contributed by atoms with Crippen LogP contribution in [0.25, 0.3) is 0 Å². The van der Waals surface area contributed by atoms with Crippen LogP contribution in [0, 0.1) is 17.2 Å².